The van der Waals surface area contributed by atoms with Crippen molar-refractivity contribution in [1.29, 1.82) is 0 Å². The summed E-state index contributed by atoms with van der Waals surface area (Å²) in [6.07, 6.45) is 113. The molecule has 660 valence electrons. The van der Waals surface area contributed by atoms with Gasteiger partial charge in [0.1, 0.15) is 25.4 Å². The Morgan fingerprint density at radius 3 is 0.730 bits per heavy atom. The largest absolute Gasteiger partial charge is 0.472 e. The van der Waals surface area contributed by atoms with Crippen LogP contribution in [0.25, 0.3) is 0 Å². The molecule has 0 saturated heterocycles. The Morgan fingerprint density at radius 2 is 0.461 bits per heavy atom. The van der Waals surface area contributed by atoms with Gasteiger partial charge in [-0.1, -0.05) is 371 Å². The Morgan fingerprint density at radius 1 is 0.252 bits per heavy atom. The van der Waals surface area contributed by atoms with Gasteiger partial charge in [0.05, 0.1) is 26.4 Å². The van der Waals surface area contributed by atoms with Gasteiger partial charge >= 0.3 is 33.6 Å². The maximum Gasteiger partial charge on any atom is 0.472 e. The van der Waals surface area contributed by atoms with Crippen molar-refractivity contribution in [1.82, 2.24) is 0 Å². The number of unbranched alkanes of at least 4 members (excludes halogenated alkanes) is 37. The number of aliphatic hydroxyl groups is 2. The SMILES string of the molecule is CC/C=C\C/C=C\C/C=C\C/C=C\C/C=C\C/C=C\CCCCCCCCCCCCCCCCCCC(=O)OCC(O)COP(=O)(O)OCC(O)COP(=O)(O)OCC(COC(=O)CCCCCCCCCCCCCCC/C=C\C/C=C\C/C=C\C/C=C\CCCCC)OC(=O)CCCCCCC/C=C\C/C=C\C/C=C\CC. The summed E-state index contributed by atoms with van der Waals surface area (Å²) in [5.74, 6) is -1.59. The molecule has 0 rings (SSSR count). The summed E-state index contributed by atoms with van der Waals surface area (Å²) in [7, 11) is -9.81. The summed E-state index contributed by atoms with van der Waals surface area (Å²) in [6.45, 7) is 2.44. The molecule has 16 nitrogen and oxygen atoms in total. The van der Waals surface area contributed by atoms with E-state index in [0.717, 1.165) is 161 Å². The Balaban J connectivity index is 4.44. The molecule has 115 heavy (non-hydrogen) atoms. The van der Waals surface area contributed by atoms with Gasteiger partial charge in [0.2, 0.25) is 0 Å². The fraction of sp³-hybridized carbons (Fsp3) is 0.701. The minimum Gasteiger partial charge on any atom is -0.463 e. The summed E-state index contributed by atoms with van der Waals surface area (Å²) in [4.78, 5) is 58.9. The molecule has 0 aromatic carbocycles. The lowest BCUT2D eigenvalue weighted by molar-refractivity contribution is -0.161. The Hall–Kier alpha value is -4.83. The standard InChI is InChI=1S/C97H166O16P2/c1-4-7-10-13-16-19-22-25-28-30-32-34-36-38-40-42-43-44-45-46-47-49-51-52-54-56-58-60-63-65-68-71-74-77-80-83-95(100)107-86-92(98)87-109-114(103,104)110-88-93(99)89-111-115(105,106)112-91-94(113-97(102)85-82-79-76-73-70-67-62-27-24-21-18-15-12-9-6-3)90-108-96(101)84-81-78-75-72-69-66-64-61-59-57-55-53-50-48-41-39-37-35-33-31-29-26-23-20-17-14-11-8-5-2/h7,9-10,12,16-21,25-29,32-35,38-41,43-44,62,92-94,98-99H,4-6,8,11,13-15,22-24,30-31,36-37,42,45-61,63-91H2,1-3H3,(H,103,104)(H,105,106)/b10-7-,12-9-,19-16-,20-17-,21-18-,28-25-,29-26-,34-32-,35-33-,40-38-,41-39-,44-43-,62-27-. The van der Waals surface area contributed by atoms with E-state index in [1.165, 1.54) is 161 Å². The average Bonchev–Trinajstić information content (AvgIpc) is 0.902. The van der Waals surface area contributed by atoms with Gasteiger partial charge in [-0.05, 0) is 148 Å². The third-order valence-electron chi connectivity index (χ3n) is 19.2. The molecule has 5 unspecified atom stereocenters. The monoisotopic (exact) mass is 1650 g/mol. The van der Waals surface area contributed by atoms with Crippen LogP contribution in [0.1, 0.15) is 380 Å². The zero-order valence-electron chi connectivity index (χ0n) is 72.7. The fourth-order valence-electron chi connectivity index (χ4n) is 12.3. The van der Waals surface area contributed by atoms with Crippen molar-refractivity contribution in [3.8, 4) is 0 Å². The predicted octanol–water partition coefficient (Wildman–Crippen LogP) is 28.1. The number of phosphoric acid groups is 2. The highest BCUT2D eigenvalue weighted by atomic mass is 31.2. The van der Waals surface area contributed by atoms with Crippen molar-refractivity contribution in [2.24, 2.45) is 0 Å². The lowest BCUT2D eigenvalue weighted by atomic mass is 10.0. The number of hydrogen-bond acceptors (Lipinski definition) is 14. The van der Waals surface area contributed by atoms with E-state index in [2.05, 4.69) is 179 Å². The molecular weight excluding hydrogens is 1480 g/mol. The second-order valence-electron chi connectivity index (χ2n) is 30.3. The summed E-state index contributed by atoms with van der Waals surface area (Å²) >= 11 is 0. The molecule has 18 heteroatoms. The number of aliphatic hydroxyl groups excluding tert-OH is 2. The number of hydrogen-bond donors (Lipinski definition) is 4. The van der Waals surface area contributed by atoms with E-state index in [9.17, 15) is 43.5 Å². The topological polar surface area (TPSA) is 231 Å². The minimum atomic E-state index is -4.94. The van der Waals surface area contributed by atoms with Crippen molar-refractivity contribution in [3.63, 3.8) is 0 Å². The van der Waals surface area contributed by atoms with Crippen LogP contribution >= 0.6 is 15.6 Å². The van der Waals surface area contributed by atoms with Crippen LogP contribution < -0.4 is 0 Å². The molecule has 0 aliphatic heterocycles. The molecule has 0 bridgehead atoms. The van der Waals surface area contributed by atoms with Crippen LogP contribution in [0.5, 0.6) is 0 Å². The zero-order valence-corrected chi connectivity index (χ0v) is 74.5. The van der Waals surface area contributed by atoms with E-state index < -0.39 is 91.5 Å². The molecule has 0 aliphatic carbocycles. The van der Waals surface area contributed by atoms with Crippen LogP contribution in [0.2, 0.25) is 0 Å². The molecule has 0 aromatic heterocycles. The van der Waals surface area contributed by atoms with Gasteiger partial charge < -0.3 is 34.2 Å². The van der Waals surface area contributed by atoms with E-state index in [1.54, 1.807) is 0 Å². The van der Waals surface area contributed by atoms with Crippen molar-refractivity contribution in [2.75, 3.05) is 39.6 Å². The number of ether oxygens (including phenoxy) is 3. The molecule has 0 aliphatic rings. The minimum absolute atomic E-state index is 0.0829. The van der Waals surface area contributed by atoms with E-state index in [0.29, 0.717) is 19.3 Å². The van der Waals surface area contributed by atoms with Gasteiger partial charge in [0, 0.05) is 19.3 Å². The van der Waals surface area contributed by atoms with Gasteiger partial charge in [-0.25, -0.2) is 9.13 Å². The smallest absolute Gasteiger partial charge is 0.463 e. The molecule has 0 saturated carbocycles. The first kappa shape index (κ1) is 110. The average molecular weight is 1650 g/mol. The van der Waals surface area contributed by atoms with Crippen molar-refractivity contribution < 1.29 is 75.8 Å². The van der Waals surface area contributed by atoms with Crippen LogP contribution in [0.3, 0.4) is 0 Å². The maximum atomic E-state index is 13.0. The van der Waals surface area contributed by atoms with Crippen LogP contribution in [0.4, 0.5) is 0 Å². The molecule has 0 heterocycles. The van der Waals surface area contributed by atoms with Gasteiger partial charge in [-0.2, -0.15) is 0 Å². The molecule has 0 spiro atoms. The molecule has 0 radical (unpaired) electrons. The second kappa shape index (κ2) is 88.5. The van der Waals surface area contributed by atoms with Gasteiger partial charge in [0.15, 0.2) is 6.10 Å². The molecule has 0 amide bonds. The highest BCUT2D eigenvalue weighted by molar-refractivity contribution is 7.47. The fourth-order valence-corrected chi connectivity index (χ4v) is 13.9. The van der Waals surface area contributed by atoms with Gasteiger partial charge in [-0.15, -0.1) is 0 Å². The second-order valence-corrected chi connectivity index (χ2v) is 33.2. The number of carbonyl (C=O) groups excluding carboxylic acids is 3. The summed E-state index contributed by atoms with van der Waals surface area (Å²) in [5.41, 5.74) is 0. The number of phosphoric ester groups is 2. The van der Waals surface area contributed by atoms with E-state index in [4.69, 9.17) is 32.3 Å². The van der Waals surface area contributed by atoms with Crippen LogP contribution in [0, 0.1) is 0 Å². The number of carbonyl (C=O) groups is 3. The first-order valence-electron chi connectivity index (χ1n) is 45.8. The summed E-state index contributed by atoms with van der Waals surface area (Å²) < 4.78 is 61.4. The molecule has 0 aromatic rings. The highest BCUT2D eigenvalue weighted by Crippen LogP contribution is 2.45. The Bertz CT molecular complexity index is 2720. The van der Waals surface area contributed by atoms with E-state index in [-0.39, 0.29) is 19.3 Å². The van der Waals surface area contributed by atoms with Crippen molar-refractivity contribution >= 4 is 33.6 Å². The quantitative estimate of drug-likeness (QED) is 0.0146. The number of rotatable bonds is 86. The van der Waals surface area contributed by atoms with Crippen LogP contribution in [0.15, 0.2) is 158 Å². The van der Waals surface area contributed by atoms with Crippen LogP contribution in [-0.4, -0.2) is 95.9 Å². The third-order valence-corrected chi connectivity index (χ3v) is 21.1. The van der Waals surface area contributed by atoms with Gasteiger partial charge in [-0.3, -0.25) is 32.5 Å². The first-order valence-corrected chi connectivity index (χ1v) is 48.8. The van der Waals surface area contributed by atoms with Gasteiger partial charge in [0.25, 0.3) is 0 Å². The predicted molar refractivity (Wildman–Crippen MR) is 482 cm³/mol. The highest BCUT2D eigenvalue weighted by Gasteiger charge is 2.29. The number of esters is 3. The first-order chi connectivity index (χ1) is 56.2. The maximum absolute atomic E-state index is 13.0. The number of allylic oxidation sites excluding steroid dienone is 26. The molecule has 4 N–H and O–H groups in total. The molecule has 5 atom stereocenters. The Labute approximate surface area is 701 Å². The zero-order chi connectivity index (χ0) is 83.6. The third kappa shape index (κ3) is 89.8. The summed E-state index contributed by atoms with van der Waals surface area (Å²) in [5, 5.41) is 20.7. The van der Waals surface area contributed by atoms with Crippen molar-refractivity contribution in [3.05, 3.63) is 158 Å². The normalized spacial score (nSPS) is 14.5. The summed E-state index contributed by atoms with van der Waals surface area (Å²) in [6, 6.07) is 0. The van der Waals surface area contributed by atoms with Crippen LogP contribution in [-0.2, 0) is 55.8 Å². The Kier molecular flexibility index (Phi) is 84.7. The van der Waals surface area contributed by atoms with E-state index in [1.807, 2.05) is 0 Å². The lowest BCUT2D eigenvalue weighted by Crippen LogP contribution is -2.30. The lowest BCUT2D eigenvalue weighted by Gasteiger charge is -2.21. The molecule has 0 fully saturated rings. The van der Waals surface area contributed by atoms with E-state index >= 15 is 0 Å². The van der Waals surface area contributed by atoms with Crippen molar-refractivity contribution in [2.45, 2.75) is 399 Å². The molecular formula is C97H166O16P2.